The number of carbonyl (C=O) groups is 2. The van der Waals surface area contributed by atoms with Gasteiger partial charge in [-0.1, -0.05) is 24.3 Å². The second-order valence-electron chi connectivity index (χ2n) is 6.78. The van der Waals surface area contributed by atoms with Crippen molar-refractivity contribution >= 4 is 22.7 Å². The van der Waals surface area contributed by atoms with E-state index in [2.05, 4.69) is 9.97 Å². The van der Waals surface area contributed by atoms with Gasteiger partial charge in [0.15, 0.2) is 0 Å². The summed E-state index contributed by atoms with van der Waals surface area (Å²) >= 11 is 0. The van der Waals surface area contributed by atoms with E-state index in [-0.39, 0.29) is 11.8 Å². The van der Waals surface area contributed by atoms with Gasteiger partial charge in [0.05, 0.1) is 6.42 Å². The Labute approximate surface area is 157 Å². The largest absolute Gasteiger partial charge is 0.361 e. The summed E-state index contributed by atoms with van der Waals surface area (Å²) in [4.78, 5) is 36.4. The number of para-hydroxylation sites is 1. The highest BCUT2D eigenvalue weighted by Gasteiger charge is 2.23. The first-order chi connectivity index (χ1) is 13.2. The van der Waals surface area contributed by atoms with Crippen molar-refractivity contribution in [2.24, 2.45) is 0 Å². The topological polar surface area (TPSA) is 69.3 Å². The van der Waals surface area contributed by atoms with Crippen LogP contribution < -0.4 is 0 Å². The third kappa shape index (κ3) is 3.69. The molecule has 0 saturated carbocycles. The lowest BCUT2D eigenvalue weighted by Crippen LogP contribution is -2.38. The van der Waals surface area contributed by atoms with E-state index < -0.39 is 0 Å². The van der Waals surface area contributed by atoms with Gasteiger partial charge in [-0.05, 0) is 30.2 Å². The van der Waals surface area contributed by atoms with E-state index in [0.29, 0.717) is 38.3 Å². The van der Waals surface area contributed by atoms with Gasteiger partial charge in [0.25, 0.3) is 5.91 Å². The normalized spacial score (nSPS) is 15.0. The summed E-state index contributed by atoms with van der Waals surface area (Å²) in [5, 5.41) is 1.09. The molecule has 4 rings (SSSR count). The number of amides is 2. The Balaban J connectivity index is 1.40. The highest BCUT2D eigenvalue weighted by Crippen LogP contribution is 2.19. The maximum Gasteiger partial charge on any atom is 0.272 e. The molecule has 3 aromatic rings. The van der Waals surface area contributed by atoms with Gasteiger partial charge in [0.1, 0.15) is 5.69 Å². The average molecular weight is 362 g/mol. The molecule has 6 heteroatoms. The van der Waals surface area contributed by atoms with Crippen molar-refractivity contribution < 1.29 is 9.59 Å². The number of H-pyrrole nitrogens is 1. The number of pyridine rings is 1. The van der Waals surface area contributed by atoms with Gasteiger partial charge in [-0.15, -0.1) is 0 Å². The smallest absolute Gasteiger partial charge is 0.272 e. The molecule has 138 valence electrons. The van der Waals surface area contributed by atoms with E-state index in [1.807, 2.05) is 41.4 Å². The summed E-state index contributed by atoms with van der Waals surface area (Å²) in [6.07, 6.45) is 4.69. The van der Waals surface area contributed by atoms with E-state index in [9.17, 15) is 9.59 Å². The minimum Gasteiger partial charge on any atom is -0.361 e. The lowest BCUT2D eigenvalue weighted by molar-refractivity contribution is -0.130. The fraction of sp³-hybridized carbons (Fsp3) is 0.286. The summed E-state index contributed by atoms with van der Waals surface area (Å²) in [6.45, 7) is 2.41. The molecule has 0 spiro atoms. The predicted molar refractivity (Wildman–Crippen MR) is 103 cm³/mol. The van der Waals surface area contributed by atoms with Crippen molar-refractivity contribution in [2.45, 2.75) is 12.8 Å². The number of nitrogens with zero attached hydrogens (tertiary/aromatic N) is 3. The van der Waals surface area contributed by atoms with Gasteiger partial charge < -0.3 is 14.8 Å². The molecule has 1 aliphatic heterocycles. The highest BCUT2D eigenvalue weighted by atomic mass is 16.2. The Hall–Kier alpha value is -3.15. The van der Waals surface area contributed by atoms with Crippen LogP contribution in [0.2, 0.25) is 0 Å². The average Bonchev–Trinajstić information content (AvgIpc) is 2.95. The molecule has 2 aromatic heterocycles. The molecule has 0 bridgehead atoms. The highest BCUT2D eigenvalue weighted by molar-refractivity contribution is 5.92. The summed E-state index contributed by atoms with van der Waals surface area (Å²) in [7, 11) is 0. The van der Waals surface area contributed by atoms with Gasteiger partial charge in [-0.25, -0.2) is 0 Å². The zero-order valence-corrected chi connectivity index (χ0v) is 15.1. The van der Waals surface area contributed by atoms with Gasteiger partial charge >= 0.3 is 0 Å². The lowest BCUT2D eigenvalue weighted by atomic mass is 10.1. The lowest BCUT2D eigenvalue weighted by Gasteiger charge is -2.22. The second-order valence-corrected chi connectivity index (χ2v) is 6.78. The molecule has 2 amide bonds. The van der Waals surface area contributed by atoms with Crippen LogP contribution in [0.5, 0.6) is 0 Å². The van der Waals surface area contributed by atoms with Crippen LogP contribution in [0.25, 0.3) is 10.9 Å². The van der Waals surface area contributed by atoms with Crippen LogP contribution in [-0.2, 0) is 11.2 Å². The molecule has 0 aliphatic carbocycles. The minimum atomic E-state index is -0.0680. The van der Waals surface area contributed by atoms with Crippen LogP contribution in [0.1, 0.15) is 22.5 Å². The first kappa shape index (κ1) is 17.3. The molecular weight excluding hydrogens is 340 g/mol. The van der Waals surface area contributed by atoms with Crippen LogP contribution >= 0.6 is 0 Å². The molecule has 3 heterocycles. The Bertz CT molecular complexity index is 951. The fourth-order valence-electron chi connectivity index (χ4n) is 3.57. The Morgan fingerprint density at radius 1 is 0.963 bits per heavy atom. The van der Waals surface area contributed by atoms with Crippen molar-refractivity contribution in [3.05, 3.63) is 66.1 Å². The molecule has 1 N–H and O–H groups in total. The Kier molecular flexibility index (Phi) is 4.87. The molecule has 1 aliphatic rings. The molecule has 0 unspecified atom stereocenters. The number of rotatable bonds is 3. The van der Waals surface area contributed by atoms with Crippen molar-refractivity contribution in [1.82, 2.24) is 19.8 Å². The quantitative estimate of drug-likeness (QED) is 0.778. The Morgan fingerprint density at radius 2 is 1.74 bits per heavy atom. The molecule has 1 saturated heterocycles. The van der Waals surface area contributed by atoms with Crippen LogP contribution in [0, 0.1) is 0 Å². The summed E-state index contributed by atoms with van der Waals surface area (Å²) in [6, 6.07) is 13.3. The number of hydrogen-bond acceptors (Lipinski definition) is 3. The van der Waals surface area contributed by atoms with Crippen LogP contribution in [0.15, 0.2) is 54.9 Å². The zero-order chi connectivity index (χ0) is 18.6. The van der Waals surface area contributed by atoms with E-state index in [0.717, 1.165) is 22.9 Å². The number of benzene rings is 1. The second kappa shape index (κ2) is 7.61. The number of aromatic amines is 1. The monoisotopic (exact) mass is 362 g/mol. The maximum atomic E-state index is 12.8. The number of carbonyl (C=O) groups excluding carboxylic acids is 2. The van der Waals surface area contributed by atoms with Gasteiger partial charge in [0, 0.05) is 49.5 Å². The van der Waals surface area contributed by atoms with Crippen LogP contribution in [0.4, 0.5) is 0 Å². The molecule has 27 heavy (non-hydrogen) atoms. The van der Waals surface area contributed by atoms with Crippen molar-refractivity contribution in [3.63, 3.8) is 0 Å². The van der Waals surface area contributed by atoms with Crippen molar-refractivity contribution in [1.29, 1.82) is 0 Å². The van der Waals surface area contributed by atoms with E-state index in [4.69, 9.17) is 0 Å². The first-order valence-electron chi connectivity index (χ1n) is 9.25. The van der Waals surface area contributed by atoms with Crippen molar-refractivity contribution in [3.8, 4) is 0 Å². The van der Waals surface area contributed by atoms with Gasteiger partial charge in [0.2, 0.25) is 5.91 Å². The van der Waals surface area contributed by atoms with E-state index >= 15 is 0 Å². The fourth-order valence-corrected chi connectivity index (χ4v) is 3.57. The molecule has 0 radical (unpaired) electrons. The summed E-state index contributed by atoms with van der Waals surface area (Å²) < 4.78 is 0. The minimum absolute atomic E-state index is 0.0680. The summed E-state index contributed by atoms with van der Waals surface area (Å²) in [5.41, 5.74) is 2.51. The Morgan fingerprint density at radius 3 is 2.59 bits per heavy atom. The first-order valence-corrected chi connectivity index (χ1v) is 9.25. The van der Waals surface area contributed by atoms with Crippen LogP contribution in [0.3, 0.4) is 0 Å². The number of aromatic nitrogens is 2. The zero-order valence-electron chi connectivity index (χ0n) is 15.1. The van der Waals surface area contributed by atoms with E-state index in [1.54, 1.807) is 23.2 Å². The van der Waals surface area contributed by atoms with E-state index in [1.165, 1.54) is 0 Å². The van der Waals surface area contributed by atoms with Gasteiger partial charge in [-0.3, -0.25) is 14.6 Å². The standard InChI is InChI=1S/C21H22N4O2/c26-20(14-16-15-23-18-7-2-1-6-17(16)18)24-10-5-11-25(13-12-24)21(27)19-8-3-4-9-22-19/h1-4,6-9,15,23H,5,10-14H2. The molecule has 0 atom stereocenters. The third-order valence-corrected chi connectivity index (χ3v) is 5.04. The molecule has 6 nitrogen and oxygen atoms in total. The number of fused-ring (bicyclic) bond motifs is 1. The molecule has 1 fully saturated rings. The summed E-state index contributed by atoms with van der Waals surface area (Å²) in [5.74, 6) is 0.0356. The number of hydrogen-bond donors (Lipinski definition) is 1. The van der Waals surface area contributed by atoms with Crippen molar-refractivity contribution in [2.75, 3.05) is 26.2 Å². The molecular formula is C21H22N4O2. The molecule has 1 aromatic carbocycles. The number of nitrogens with one attached hydrogen (secondary N) is 1. The third-order valence-electron chi connectivity index (χ3n) is 5.04. The SMILES string of the molecule is O=C(Cc1c[nH]c2ccccc12)N1CCCN(C(=O)c2ccccn2)CC1. The maximum absolute atomic E-state index is 12.8. The predicted octanol–water partition coefficient (Wildman–Crippen LogP) is 2.48. The van der Waals surface area contributed by atoms with Crippen LogP contribution in [-0.4, -0.2) is 57.8 Å². The van der Waals surface area contributed by atoms with Gasteiger partial charge in [-0.2, -0.15) is 0 Å².